The van der Waals surface area contributed by atoms with E-state index in [1.54, 1.807) is 6.33 Å². The standard InChI is InChI=1S/C10H13N5O2/c11-9-8-10(13-4-12-9)15(5-14-8)7-2-1-6(3-16)17-7/h4-7,16H,1-3H2,(H2,11,12,13)/t6-,7-/m0/s1. The molecule has 17 heavy (non-hydrogen) atoms. The molecule has 3 N–H and O–H groups in total. The van der Waals surface area contributed by atoms with Gasteiger partial charge in [-0.25, -0.2) is 15.0 Å². The van der Waals surface area contributed by atoms with E-state index in [4.69, 9.17) is 15.6 Å². The smallest absolute Gasteiger partial charge is 0.167 e. The van der Waals surface area contributed by atoms with Crippen LogP contribution < -0.4 is 5.73 Å². The van der Waals surface area contributed by atoms with Crippen LogP contribution in [0.15, 0.2) is 12.7 Å². The first kappa shape index (κ1) is 10.4. The zero-order valence-corrected chi connectivity index (χ0v) is 9.15. The van der Waals surface area contributed by atoms with Gasteiger partial charge in [0.1, 0.15) is 18.1 Å². The Morgan fingerprint density at radius 1 is 1.41 bits per heavy atom. The SMILES string of the molecule is Nc1ncnc2c1ncn2[C@@H]1CC[C@@H](CO)O1. The van der Waals surface area contributed by atoms with Gasteiger partial charge in [0.2, 0.25) is 0 Å². The first-order valence-electron chi connectivity index (χ1n) is 5.49. The zero-order valence-electron chi connectivity index (χ0n) is 9.15. The maximum atomic E-state index is 9.04. The molecule has 1 aliphatic heterocycles. The predicted octanol–water partition coefficient (Wildman–Crippen LogP) is 0.0784. The van der Waals surface area contributed by atoms with E-state index in [0.717, 1.165) is 12.8 Å². The number of fused-ring (bicyclic) bond motifs is 1. The second-order valence-electron chi connectivity index (χ2n) is 4.06. The number of ether oxygens (including phenoxy) is 1. The largest absolute Gasteiger partial charge is 0.394 e. The van der Waals surface area contributed by atoms with E-state index in [9.17, 15) is 0 Å². The molecule has 3 rings (SSSR count). The number of aliphatic hydroxyl groups excluding tert-OH is 1. The lowest BCUT2D eigenvalue weighted by molar-refractivity contribution is -0.0207. The Morgan fingerprint density at radius 2 is 2.29 bits per heavy atom. The van der Waals surface area contributed by atoms with E-state index in [1.807, 2.05) is 4.57 Å². The average Bonchev–Trinajstić information content (AvgIpc) is 2.94. The first-order valence-corrected chi connectivity index (χ1v) is 5.49. The zero-order chi connectivity index (χ0) is 11.8. The molecule has 2 atom stereocenters. The number of nitrogen functional groups attached to an aromatic ring is 1. The molecule has 7 heteroatoms. The number of hydrogen-bond donors (Lipinski definition) is 2. The minimum Gasteiger partial charge on any atom is -0.394 e. The summed E-state index contributed by atoms with van der Waals surface area (Å²) in [4.78, 5) is 12.2. The fourth-order valence-electron chi connectivity index (χ4n) is 2.11. The molecule has 1 aliphatic rings. The van der Waals surface area contributed by atoms with Gasteiger partial charge in [0.05, 0.1) is 19.0 Å². The second kappa shape index (κ2) is 3.94. The van der Waals surface area contributed by atoms with E-state index in [-0.39, 0.29) is 18.9 Å². The lowest BCUT2D eigenvalue weighted by atomic mass is 10.2. The van der Waals surface area contributed by atoms with Gasteiger partial charge in [0, 0.05) is 0 Å². The molecule has 7 nitrogen and oxygen atoms in total. The molecule has 1 saturated heterocycles. The molecule has 90 valence electrons. The summed E-state index contributed by atoms with van der Waals surface area (Å²) in [5.41, 5.74) is 6.97. The first-order chi connectivity index (χ1) is 8.29. The number of anilines is 1. The van der Waals surface area contributed by atoms with Gasteiger partial charge in [-0.3, -0.25) is 4.57 Å². The molecule has 0 bridgehead atoms. The average molecular weight is 235 g/mol. The summed E-state index contributed by atoms with van der Waals surface area (Å²) in [6, 6.07) is 0. The van der Waals surface area contributed by atoms with Crippen LogP contribution in [-0.4, -0.2) is 37.3 Å². The van der Waals surface area contributed by atoms with Crippen LogP contribution in [0.4, 0.5) is 5.82 Å². The van der Waals surface area contributed by atoms with Crippen molar-refractivity contribution in [3.8, 4) is 0 Å². The van der Waals surface area contributed by atoms with Gasteiger partial charge in [-0.2, -0.15) is 0 Å². The van der Waals surface area contributed by atoms with Gasteiger partial charge in [0.25, 0.3) is 0 Å². The molecule has 0 radical (unpaired) electrons. The van der Waals surface area contributed by atoms with Gasteiger partial charge in [-0.15, -0.1) is 0 Å². The predicted molar refractivity (Wildman–Crippen MR) is 60.0 cm³/mol. The van der Waals surface area contributed by atoms with Gasteiger partial charge in [-0.05, 0) is 12.8 Å². The quantitative estimate of drug-likeness (QED) is 0.764. The Labute approximate surface area is 97.3 Å². The van der Waals surface area contributed by atoms with E-state index >= 15 is 0 Å². The lowest BCUT2D eigenvalue weighted by Gasteiger charge is -2.13. The van der Waals surface area contributed by atoms with Crippen molar-refractivity contribution < 1.29 is 9.84 Å². The summed E-state index contributed by atoms with van der Waals surface area (Å²) in [7, 11) is 0. The minimum absolute atomic E-state index is 0.0419. The van der Waals surface area contributed by atoms with E-state index in [1.165, 1.54) is 6.33 Å². The third kappa shape index (κ3) is 1.63. The summed E-state index contributed by atoms with van der Waals surface area (Å²) < 4.78 is 7.51. The summed E-state index contributed by atoms with van der Waals surface area (Å²) in [5, 5.41) is 9.04. The van der Waals surface area contributed by atoms with Crippen LogP contribution in [0.5, 0.6) is 0 Å². The molecule has 3 heterocycles. The van der Waals surface area contributed by atoms with Crippen molar-refractivity contribution in [2.45, 2.75) is 25.2 Å². The maximum absolute atomic E-state index is 9.04. The van der Waals surface area contributed by atoms with Crippen LogP contribution in [0.2, 0.25) is 0 Å². The highest BCUT2D eigenvalue weighted by Gasteiger charge is 2.27. The Hall–Kier alpha value is -1.73. The molecule has 2 aromatic heterocycles. The van der Waals surface area contributed by atoms with Crippen molar-refractivity contribution in [1.29, 1.82) is 0 Å². The monoisotopic (exact) mass is 235 g/mol. The maximum Gasteiger partial charge on any atom is 0.167 e. The van der Waals surface area contributed by atoms with Crippen molar-refractivity contribution in [1.82, 2.24) is 19.5 Å². The van der Waals surface area contributed by atoms with Crippen molar-refractivity contribution in [3.63, 3.8) is 0 Å². The topological polar surface area (TPSA) is 99.1 Å². The highest BCUT2D eigenvalue weighted by molar-refractivity contribution is 5.81. The summed E-state index contributed by atoms with van der Waals surface area (Å²) in [6.45, 7) is 0.0419. The fraction of sp³-hybridized carbons (Fsp3) is 0.500. The number of hydrogen-bond acceptors (Lipinski definition) is 6. The number of nitrogens with two attached hydrogens (primary N) is 1. The number of aromatic nitrogens is 4. The number of aliphatic hydroxyl groups is 1. The molecular formula is C10H13N5O2. The van der Waals surface area contributed by atoms with Crippen molar-refractivity contribution in [3.05, 3.63) is 12.7 Å². The molecule has 0 unspecified atom stereocenters. The van der Waals surface area contributed by atoms with Crippen molar-refractivity contribution in [2.75, 3.05) is 12.3 Å². The number of rotatable bonds is 2. The molecule has 0 saturated carbocycles. The molecule has 0 spiro atoms. The van der Waals surface area contributed by atoms with Crippen molar-refractivity contribution in [2.24, 2.45) is 0 Å². The third-order valence-corrected chi connectivity index (χ3v) is 2.99. The van der Waals surface area contributed by atoms with Gasteiger partial charge in [0.15, 0.2) is 11.5 Å². The van der Waals surface area contributed by atoms with Gasteiger partial charge < -0.3 is 15.6 Å². The third-order valence-electron chi connectivity index (χ3n) is 2.99. The Bertz CT molecular complexity index is 540. The highest BCUT2D eigenvalue weighted by Crippen LogP contribution is 2.30. The minimum atomic E-state index is -0.133. The van der Waals surface area contributed by atoms with Crippen LogP contribution in [-0.2, 0) is 4.74 Å². The second-order valence-corrected chi connectivity index (χ2v) is 4.06. The summed E-state index contributed by atoms with van der Waals surface area (Å²) >= 11 is 0. The lowest BCUT2D eigenvalue weighted by Crippen LogP contribution is -2.14. The molecule has 0 aromatic carbocycles. The van der Waals surface area contributed by atoms with E-state index in [0.29, 0.717) is 17.0 Å². The Balaban J connectivity index is 1.99. The van der Waals surface area contributed by atoms with Gasteiger partial charge >= 0.3 is 0 Å². The van der Waals surface area contributed by atoms with Crippen LogP contribution in [0.25, 0.3) is 11.2 Å². The number of nitrogens with zero attached hydrogens (tertiary/aromatic N) is 4. The molecule has 1 fully saturated rings. The van der Waals surface area contributed by atoms with Crippen molar-refractivity contribution >= 4 is 17.0 Å². The molecule has 0 aliphatic carbocycles. The summed E-state index contributed by atoms with van der Waals surface area (Å²) in [6.07, 6.45) is 4.50. The fourth-order valence-corrected chi connectivity index (χ4v) is 2.11. The highest BCUT2D eigenvalue weighted by atomic mass is 16.5. The molecule has 0 amide bonds. The number of imidazole rings is 1. The molecular weight excluding hydrogens is 222 g/mol. The van der Waals surface area contributed by atoms with Gasteiger partial charge in [-0.1, -0.05) is 0 Å². The normalized spacial score (nSPS) is 24.5. The van der Waals surface area contributed by atoms with Crippen LogP contribution in [0.3, 0.4) is 0 Å². The van der Waals surface area contributed by atoms with E-state index in [2.05, 4.69) is 15.0 Å². The summed E-state index contributed by atoms with van der Waals surface area (Å²) in [5.74, 6) is 0.366. The van der Waals surface area contributed by atoms with Crippen LogP contribution >= 0.6 is 0 Å². The van der Waals surface area contributed by atoms with E-state index < -0.39 is 0 Å². The Morgan fingerprint density at radius 3 is 3.06 bits per heavy atom. The van der Waals surface area contributed by atoms with Crippen LogP contribution in [0.1, 0.15) is 19.1 Å². The molecule has 2 aromatic rings. The Kier molecular flexibility index (Phi) is 2.41. The van der Waals surface area contributed by atoms with Crippen LogP contribution in [0, 0.1) is 0 Å².